The Bertz CT molecular complexity index is 413. The lowest BCUT2D eigenvalue weighted by Crippen LogP contribution is -2.58. The fraction of sp³-hybridized carbons (Fsp3) is 0.500. The van der Waals surface area contributed by atoms with Gasteiger partial charge >= 0.3 is 0 Å². The summed E-state index contributed by atoms with van der Waals surface area (Å²) in [5, 5.41) is 29.0. The van der Waals surface area contributed by atoms with E-state index in [4.69, 9.17) is 15.2 Å². The Morgan fingerprint density at radius 3 is 2.44 bits per heavy atom. The highest BCUT2D eigenvalue weighted by Crippen LogP contribution is 2.27. The first-order chi connectivity index (χ1) is 8.50. The molecule has 0 unspecified atom stereocenters. The Balaban J connectivity index is 2.12. The Kier molecular flexibility index (Phi) is 3.72. The number of hydrogen-bond acceptors (Lipinski definition) is 6. The molecule has 0 spiro atoms. The minimum atomic E-state index is -1.34. The van der Waals surface area contributed by atoms with Crippen LogP contribution in [-0.2, 0) is 4.74 Å². The van der Waals surface area contributed by atoms with Gasteiger partial charge in [-0.15, -0.1) is 0 Å². The van der Waals surface area contributed by atoms with E-state index < -0.39 is 30.7 Å². The minimum Gasteiger partial charge on any atom is -0.460 e. The van der Waals surface area contributed by atoms with E-state index in [1.807, 2.05) is 0 Å². The number of aliphatic hydroxyl groups is 3. The summed E-state index contributed by atoms with van der Waals surface area (Å²) in [6.45, 7) is 1.59. The average Bonchev–Trinajstić information content (AvgIpc) is 2.36. The van der Waals surface area contributed by atoms with Crippen LogP contribution in [0.2, 0.25) is 0 Å². The van der Waals surface area contributed by atoms with Crippen LogP contribution in [0.25, 0.3) is 0 Å². The average molecular weight is 255 g/mol. The molecule has 6 heteroatoms. The highest BCUT2D eigenvalue weighted by molar-refractivity contribution is 5.51. The molecule has 2 rings (SSSR count). The third-order valence-electron chi connectivity index (χ3n) is 2.97. The van der Waals surface area contributed by atoms with Gasteiger partial charge in [-0.3, -0.25) is 0 Å². The monoisotopic (exact) mass is 255 g/mol. The number of nitrogens with two attached hydrogens (primary N) is 1. The van der Waals surface area contributed by atoms with Crippen LogP contribution in [0.1, 0.15) is 6.92 Å². The summed E-state index contributed by atoms with van der Waals surface area (Å²) in [6, 6.07) is 6.77. The van der Waals surface area contributed by atoms with Crippen molar-refractivity contribution in [1.29, 1.82) is 0 Å². The molecule has 6 nitrogen and oxygen atoms in total. The summed E-state index contributed by atoms with van der Waals surface area (Å²) in [4.78, 5) is 0. The first kappa shape index (κ1) is 13.1. The van der Waals surface area contributed by atoms with Gasteiger partial charge in [-0.25, -0.2) is 0 Å². The molecule has 0 saturated carbocycles. The zero-order valence-corrected chi connectivity index (χ0v) is 9.93. The number of rotatable bonds is 2. The minimum absolute atomic E-state index is 0.359. The third-order valence-corrected chi connectivity index (χ3v) is 2.97. The highest BCUT2D eigenvalue weighted by atomic mass is 16.7. The molecule has 5 atom stereocenters. The largest absolute Gasteiger partial charge is 0.460 e. The van der Waals surface area contributed by atoms with Crippen LogP contribution in [0.3, 0.4) is 0 Å². The molecule has 18 heavy (non-hydrogen) atoms. The van der Waals surface area contributed by atoms with E-state index in [0.717, 1.165) is 0 Å². The van der Waals surface area contributed by atoms with Gasteiger partial charge in [0.15, 0.2) is 0 Å². The lowest BCUT2D eigenvalue weighted by molar-refractivity contribution is -0.268. The van der Waals surface area contributed by atoms with Crippen molar-refractivity contribution in [2.24, 2.45) is 0 Å². The Morgan fingerprint density at radius 2 is 1.78 bits per heavy atom. The number of para-hydroxylation sites is 2. The van der Waals surface area contributed by atoms with Gasteiger partial charge in [0, 0.05) is 0 Å². The lowest BCUT2D eigenvalue weighted by Gasteiger charge is -2.39. The molecule has 1 heterocycles. The van der Waals surface area contributed by atoms with Gasteiger partial charge in [0.2, 0.25) is 6.29 Å². The molecule has 1 saturated heterocycles. The van der Waals surface area contributed by atoms with Gasteiger partial charge < -0.3 is 30.5 Å². The van der Waals surface area contributed by atoms with E-state index >= 15 is 0 Å². The van der Waals surface area contributed by atoms with Crippen LogP contribution in [0.15, 0.2) is 24.3 Å². The third kappa shape index (κ3) is 2.41. The summed E-state index contributed by atoms with van der Waals surface area (Å²) < 4.78 is 10.7. The van der Waals surface area contributed by atoms with Crippen molar-refractivity contribution in [3.63, 3.8) is 0 Å². The van der Waals surface area contributed by atoms with Gasteiger partial charge in [-0.2, -0.15) is 0 Å². The maximum absolute atomic E-state index is 9.78. The molecule has 0 aliphatic carbocycles. The van der Waals surface area contributed by atoms with E-state index in [9.17, 15) is 15.3 Å². The van der Waals surface area contributed by atoms with Crippen LogP contribution in [0, 0.1) is 0 Å². The number of nitrogen functional groups attached to an aromatic ring is 1. The standard InChI is InChI=1S/C12H17NO5/c1-6-9(14)10(15)11(16)12(17-6)18-8-5-3-2-4-7(8)13/h2-6,9-12,14-16H,13H2,1H3/t6-,9+,10+,11-,12-/m1/s1. The molecular formula is C12H17NO5. The van der Waals surface area contributed by atoms with Gasteiger partial charge in [0.05, 0.1) is 11.8 Å². The molecule has 1 aromatic carbocycles. The Labute approximate surface area is 105 Å². The van der Waals surface area contributed by atoms with Crippen molar-refractivity contribution in [3.05, 3.63) is 24.3 Å². The normalized spacial score (nSPS) is 36.3. The van der Waals surface area contributed by atoms with Crippen molar-refractivity contribution in [1.82, 2.24) is 0 Å². The summed E-state index contributed by atoms with van der Waals surface area (Å²) in [6.07, 6.45) is -5.51. The van der Waals surface area contributed by atoms with E-state index in [-0.39, 0.29) is 0 Å². The van der Waals surface area contributed by atoms with E-state index in [2.05, 4.69) is 0 Å². The van der Waals surface area contributed by atoms with Gasteiger partial charge in [-0.05, 0) is 19.1 Å². The second-order valence-corrected chi connectivity index (χ2v) is 4.34. The van der Waals surface area contributed by atoms with Crippen LogP contribution in [0.4, 0.5) is 5.69 Å². The molecule has 1 aliphatic rings. The Hall–Kier alpha value is -1.34. The first-order valence-electron chi connectivity index (χ1n) is 5.71. The second kappa shape index (κ2) is 5.11. The second-order valence-electron chi connectivity index (χ2n) is 4.34. The maximum Gasteiger partial charge on any atom is 0.229 e. The molecule has 1 fully saturated rings. The van der Waals surface area contributed by atoms with Crippen molar-refractivity contribution in [2.45, 2.75) is 37.6 Å². The van der Waals surface area contributed by atoms with Gasteiger partial charge in [0.25, 0.3) is 0 Å². The summed E-state index contributed by atoms with van der Waals surface area (Å²) in [7, 11) is 0. The number of aliphatic hydroxyl groups excluding tert-OH is 3. The smallest absolute Gasteiger partial charge is 0.229 e. The number of ether oxygens (including phenoxy) is 2. The zero-order chi connectivity index (χ0) is 13.3. The molecule has 5 N–H and O–H groups in total. The fourth-order valence-electron chi connectivity index (χ4n) is 1.82. The molecular weight excluding hydrogens is 238 g/mol. The first-order valence-corrected chi connectivity index (χ1v) is 5.71. The van der Waals surface area contributed by atoms with E-state index in [0.29, 0.717) is 11.4 Å². The zero-order valence-electron chi connectivity index (χ0n) is 9.93. The molecule has 0 amide bonds. The summed E-state index contributed by atoms with van der Waals surface area (Å²) >= 11 is 0. The van der Waals surface area contributed by atoms with Crippen LogP contribution >= 0.6 is 0 Å². The van der Waals surface area contributed by atoms with Crippen LogP contribution < -0.4 is 10.5 Å². The highest BCUT2D eigenvalue weighted by Gasteiger charge is 2.43. The topological polar surface area (TPSA) is 105 Å². The van der Waals surface area contributed by atoms with Crippen LogP contribution in [-0.4, -0.2) is 46.0 Å². The summed E-state index contributed by atoms with van der Waals surface area (Å²) in [5.74, 6) is 0.359. The van der Waals surface area contributed by atoms with Crippen molar-refractivity contribution >= 4 is 5.69 Å². The predicted molar refractivity (Wildman–Crippen MR) is 63.8 cm³/mol. The quantitative estimate of drug-likeness (QED) is 0.530. The van der Waals surface area contributed by atoms with Crippen molar-refractivity contribution in [3.8, 4) is 5.75 Å². The molecule has 0 radical (unpaired) electrons. The molecule has 1 aliphatic heterocycles. The van der Waals surface area contributed by atoms with Crippen molar-refractivity contribution in [2.75, 3.05) is 5.73 Å². The molecule has 100 valence electrons. The predicted octanol–water partition coefficient (Wildman–Crippen LogP) is -0.525. The van der Waals surface area contributed by atoms with Crippen molar-refractivity contribution < 1.29 is 24.8 Å². The summed E-state index contributed by atoms with van der Waals surface area (Å²) in [5.41, 5.74) is 6.11. The molecule has 0 bridgehead atoms. The fourth-order valence-corrected chi connectivity index (χ4v) is 1.82. The van der Waals surface area contributed by atoms with E-state index in [1.54, 1.807) is 31.2 Å². The Morgan fingerprint density at radius 1 is 1.11 bits per heavy atom. The van der Waals surface area contributed by atoms with E-state index in [1.165, 1.54) is 0 Å². The molecule has 0 aromatic heterocycles. The van der Waals surface area contributed by atoms with Crippen LogP contribution in [0.5, 0.6) is 5.75 Å². The lowest BCUT2D eigenvalue weighted by atomic mass is 10.00. The number of hydrogen-bond donors (Lipinski definition) is 4. The SMILES string of the molecule is C[C@H]1O[C@H](Oc2ccccc2N)[C@H](O)[C@@H](O)[C@H]1O. The molecule has 1 aromatic rings. The number of anilines is 1. The van der Waals surface area contributed by atoms with Gasteiger partial charge in [-0.1, -0.05) is 12.1 Å². The number of benzene rings is 1. The van der Waals surface area contributed by atoms with Gasteiger partial charge in [0.1, 0.15) is 24.1 Å². The maximum atomic E-state index is 9.78.